The quantitative estimate of drug-likeness (QED) is 0.569. The maximum absolute atomic E-state index is 13.2. The molecule has 174 valence electrons. The predicted molar refractivity (Wildman–Crippen MR) is 124 cm³/mol. The molecule has 0 spiro atoms. The van der Waals surface area contributed by atoms with Gasteiger partial charge in [0.05, 0.1) is 31.7 Å². The largest absolute Gasteiger partial charge is 0.495 e. The summed E-state index contributed by atoms with van der Waals surface area (Å²) in [5, 5.41) is 7.27. The van der Waals surface area contributed by atoms with Crippen LogP contribution in [-0.4, -0.2) is 61.8 Å². The van der Waals surface area contributed by atoms with Gasteiger partial charge < -0.3 is 14.8 Å². The first-order valence-electron chi connectivity index (χ1n) is 10.2. The van der Waals surface area contributed by atoms with Crippen LogP contribution in [0.1, 0.15) is 16.1 Å². The Morgan fingerprint density at radius 1 is 1.15 bits per heavy atom. The summed E-state index contributed by atoms with van der Waals surface area (Å²) >= 11 is 6.48. The van der Waals surface area contributed by atoms with Crippen molar-refractivity contribution in [2.24, 2.45) is 0 Å². The standard InChI is InChI=1S/C22H23ClN4O5S/c1-15-20(21(23)27(25-15)17-6-4-3-5-7-17)22(28)24-16-8-9-18(31-2)19(14-16)33(29,30)26-10-12-32-13-11-26/h3-9,14H,10-13H2,1-2H3,(H,24,28). The van der Waals surface area contributed by atoms with E-state index in [9.17, 15) is 13.2 Å². The van der Waals surface area contributed by atoms with Gasteiger partial charge in [-0.25, -0.2) is 13.1 Å². The highest BCUT2D eigenvalue weighted by Gasteiger charge is 2.30. The lowest BCUT2D eigenvalue weighted by Crippen LogP contribution is -2.40. The minimum absolute atomic E-state index is 0.0347. The van der Waals surface area contributed by atoms with E-state index in [4.69, 9.17) is 21.1 Å². The Morgan fingerprint density at radius 3 is 2.52 bits per heavy atom. The normalized spacial score (nSPS) is 14.8. The summed E-state index contributed by atoms with van der Waals surface area (Å²) in [4.78, 5) is 13.0. The summed E-state index contributed by atoms with van der Waals surface area (Å²) in [5.74, 6) is -0.315. The van der Waals surface area contributed by atoms with Crippen LogP contribution in [0, 0.1) is 6.92 Å². The van der Waals surface area contributed by atoms with E-state index < -0.39 is 15.9 Å². The number of nitrogens with one attached hydrogen (secondary N) is 1. The van der Waals surface area contributed by atoms with Gasteiger partial charge in [-0.05, 0) is 37.3 Å². The number of para-hydroxylation sites is 1. The third kappa shape index (κ3) is 4.60. The maximum atomic E-state index is 13.2. The number of morpholine rings is 1. The fourth-order valence-electron chi connectivity index (χ4n) is 3.57. The zero-order chi connectivity index (χ0) is 23.6. The number of benzene rings is 2. The van der Waals surface area contributed by atoms with E-state index in [2.05, 4.69) is 10.4 Å². The molecule has 2 aromatic carbocycles. The molecule has 1 fully saturated rings. The summed E-state index contributed by atoms with van der Waals surface area (Å²) in [7, 11) is -2.45. The number of carbonyl (C=O) groups is 1. The summed E-state index contributed by atoms with van der Waals surface area (Å²) < 4.78 is 39.7. The molecule has 4 rings (SSSR count). The summed E-state index contributed by atoms with van der Waals surface area (Å²) in [6.07, 6.45) is 0. The third-order valence-electron chi connectivity index (χ3n) is 5.24. The molecule has 0 saturated carbocycles. The summed E-state index contributed by atoms with van der Waals surface area (Å²) in [5.41, 5.74) is 1.65. The molecule has 0 unspecified atom stereocenters. The molecule has 1 saturated heterocycles. The smallest absolute Gasteiger partial charge is 0.260 e. The molecule has 1 aromatic heterocycles. The number of carbonyl (C=O) groups excluding carboxylic acids is 1. The third-order valence-corrected chi connectivity index (χ3v) is 7.51. The lowest BCUT2D eigenvalue weighted by Gasteiger charge is -2.26. The molecule has 9 nitrogen and oxygen atoms in total. The van der Waals surface area contributed by atoms with Crippen LogP contribution in [0.25, 0.3) is 5.69 Å². The average Bonchev–Trinajstić information content (AvgIpc) is 3.14. The molecule has 1 amide bonds. The van der Waals surface area contributed by atoms with Crippen molar-refractivity contribution in [3.05, 3.63) is 64.9 Å². The van der Waals surface area contributed by atoms with E-state index in [-0.39, 0.29) is 40.1 Å². The van der Waals surface area contributed by atoms with E-state index in [1.165, 1.54) is 28.2 Å². The summed E-state index contributed by atoms with van der Waals surface area (Å²) in [6.45, 7) is 2.82. The monoisotopic (exact) mass is 490 g/mol. The van der Waals surface area contributed by atoms with Crippen molar-refractivity contribution in [3.8, 4) is 11.4 Å². The Hall–Kier alpha value is -2.92. The summed E-state index contributed by atoms with van der Waals surface area (Å²) in [6, 6.07) is 13.7. The molecule has 1 N–H and O–H groups in total. The molecule has 0 atom stereocenters. The average molecular weight is 491 g/mol. The van der Waals surface area contributed by atoms with Gasteiger partial charge in [0.15, 0.2) is 0 Å². The molecule has 1 aliphatic heterocycles. The number of ether oxygens (including phenoxy) is 2. The Balaban J connectivity index is 1.65. The Morgan fingerprint density at radius 2 is 1.85 bits per heavy atom. The highest BCUT2D eigenvalue weighted by atomic mass is 35.5. The van der Waals surface area contributed by atoms with E-state index >= 15 is 0 Å². The lowest BCUT2D eigenvalue weighted by atomic mass is 10.2. The number of aromatic nitrogens is 2. The number of hydrogen-bond donors (Lipinski definition) is 1. The van der Waals surface area contributed by atoms with Crippen LogP contribution in [0.4, 0.5) is 5.69 Å². The van der Waals surface area contributed by atoms with Crippen LogP contribution in [0.15, 0.2) is 53.4 Å². The van der Waals surface area contributed by atoms with Crippen LogP contribution in [-0.2, 0) is 14.8 Å². The molecule has 11 heteroatoms. The van der Waals surface area contributed by atoms with Gasteiger partial charge in [-0.15, -0.1) is 0 Å². The van der Waals surface area contributed by atoms with E-state index in [0.29, 0.717) is 24.6 Å². The van der Waals surface area contributed by atoms with E-state index in [1.807, 2.05) is 30.3 Å². The number of halogens is 1. The number of aryl methyl sites for hydroxylation is 1. The lowest BCUT2D eigenvalue weighted by molar-refractivity contribution is 0.0729. The molecule has 0 bridgehead atoms. The first-order valence-corrected chi connectivity index (χ1v) is 12.0. The number of anilines is 1. The predicted octanol–water partition coefficient (Wildman–Crippen LogP) is 3.12. The van der Waals surface area contributed by atoms with Crippen molar-refractivity contribution in [2.45, 2.75) is 11.8 Å². The maximum Gasteiger partial charge on any atom is 0.260 e. The molecule has 2 heterocycles. The molecule has 0 aliphatic carbocycles. The number of rotatable bonds is 6. The molecule has 33 heavy (non-hydrogen) atoms. The molecule has 1 aliphatic rings. The first-order chi connectivity index (χ1) is 15.8. The van der Waals surface area contributed by atoms with Gasteiger partial charge in [0.1, 0.15) is 21.4 Å². The van der Waals surface area contributed by atoms with E-state index in [1.54, 1.807) is 13.0 Å². The zero-order valence-electron chi connectivity index (χ0n) is 18.1. The van der Waals surface area contributed by atoms with Crippen LogP contribution < -0.4 is 10.1 Å². The van der Waals surface area contributed by atoms with Gasteiger partial charge in [-0.3, -0.25) is 4.79 Å². The second kappa shape index (κ2) is 9.52. The second-order valence-corrected chi connectivity index (χ2v) is 9.60. The Kier molecular flexibility index (Phi) is 6.71. The van der Waals surface area contributed by atoms with Crippen molar-refractivity contribution in [1.82, 2.24) is 14.1 Å². The number of nitrogens with zero attached hydrogens (tertiary/aromatic N) is 3. The van der Waals surface area contributed by atoms with Crippen LogP contribution in [0.3, 0.4) is 0 Å². The van der Waals surface area contributed by atoms with Gasteiger partial charge in [0.25, 0.3) is 5.91 Å². The SMILES string of the molecule is COc1ccc(NC(=O)c2c(C)nn(-c3ccccc3)c2Cl)cc1S(=O)(=O)N1CCOCC1. The number of methoxy groups -OCH3 is 1. The van der Waals surface area contributed by atoms with E-state index in [0.717, 1.165) is 0 Å². The van der Waals surface area contributed by atoms with Crippen LogP contribution in [0.5, 0.6) is 5.75 Å². The topological polar surface area (TPSA) is 103 Å². The van der Waals surface area contributed by atoms with Gasteiger partial charge in [0, 0.05) is 18.8 Å². The minimum atomic E-state index is -3.84. The molecular formula is C22H23ClN4O5S. The van der Waals surface area contributed by atoms with Crippen LogP contribution >= 0.6 is 11.6 Å². The Bertz CT molecular complexity index is 1270. The number of hydrogen-bond acceptors (Lipinski definition) is 6. The zero-order valence-corrected chi connectivity index (χ0v) is 19.7. The van der Waals surface area contributed by atoms with Crippen molar-refractivity contribution >= 4 is 33.2 Å². The fraction of sp³-hybridized carbons (Fsp3) is 0.273. The van der Waals surface area contributed by atoms with Crippen molar-refractivity contribution in [2.75, 3.05) is 38.7 Å². The van der Waals surface area contributed by atoms with Gasteiger partial charge in [-0.2, -0.15) is 9.40 Å². The number of sulfonamides is 1. The number of amides is 1. The highest BCUT2D eigenvalue weighted by molar-refractivity contribution is 7.89. The van der Waals surface area contributed by atoms with Crippen LogP contribution in [0.2, 0.25) is 5.15 Å². The van der Waals surface area contributed by atoms with Crippen molar-refractivity contribution < 1.29 is 22.7 Å². The van der Waals surface area contributed by atoms with Crippen molar-refractivity contribution in [1.29, 1.82) is 0 Å². The van der Waals surface area contributed by atoms with Gasteiger partial charge in [-0.1, -0.05) is 29.8 Å². The first kappa shape index (κ1) is 23.2. The molecule has 3 aromatic rings. The van der Waals surface area contributed by atoms with Gasteiger partial charge >= 0.3 is 0 Å². The second-order valence-electron chi connectivity index (χ2n) is 7.33. The molecular weight excluding hydrogens is 468 g/mol. The van der Waals surface area contributed by atoms with Crippen molar-refractivity contribution in [3.63, 3.8) is 0 Å². The fourth-order valence-corrected chi connectivity index (χ4v) is 5.52. The molecule has 0 radical (unpaired) electrons. The highest BCUT2D eigenvalue weighted by Crippen LogP contribution is 2.31. The Labute approximate surface area is 196 Å². The minimum Gasteiger partial charge on any atom is -0.495 e. The van der Waals surface area contributed by atoms with Gasteiger partial charge in [0.2, 0.25) is 10.0 Å².